The highest BCUT2D eigenvalue weighted by Gasteiger charge is 2.44. The lowest BCUT2D eigenvalue weighted by molar-refractivity contribution is -0.125. The van der Waals surface area contributed by atoms with Gasteiger partial charge in [0.05, 0.1) is 46.4 Å². The lowest BCUT2D eigenvalue weighted by Crippen LogP contribution is -2.44. The molecule has 0 unspecified atom stereocenters. The van der Waals surface area contributed by atoms with E-state index in [4.69, 9.17) is 4.74 Å². The molecule has 0 saturated heterocycles. The van der Waals surface area contributed by atoms with Crippen molar-refractivity contribution in [3.8, 4) is 12.1 Å². The molecule has 1 aromatic rings. The van der Waals surface area contributed by atoms with Crippen LogP contribution in [0.5, 0.6) is 0 Å². The zero-order valence-corrected chi connectivity index (χ0v) is 17.1. The van der Waals surface area contributed by atoms with Crippen LogP contribution in [0.1, 0.15) is 31.1 Å². The fourth-order valence-corrected chi connectivity index (χ4v) is 3.81. The van der Waals surface area contributed by atoms with Crippen molar-refractivity contribution in [1.82, 2.24) is 5.32 Å². The summed E-state index contributed by atoms with van der Waals surface area (Å²) in [4.78, 5) is 36.6. The summed E-state index contributed by atoms with van der Waals surface area (Å²) in [6, 6.07) is 10.4. The van der Waals surface area contributed by atoms with Gasteiger partial charge in [-0.25, -0.2) is 4.79 Å². The van der Waals surface area contributed by atoms with Crippen molar-refractivity contribution in [2.45, 2.75) is 20.8 Å². The number of thioether (sulfide) groups is 1. The average molecular weight is 412 g/mol. The number of anilines is 1. The molecule has 1 aromatic carbocycles. The van der Waals surface area contributed by atoms with Crippen molar-refractivity contribution in [3.05, 3.63) is 40.4 Å². The van der Waals surface area contributed by atoms with Gasteiger partial charge in [-0.3, -0.25) is 9.59 Å². The van der Waals surface area contributed by atoms with Crippen molar-refractivity contribution in [2.24, 2.45) is 11.3 Å². The first-order valence-electron chi connectivity index (χ1n) is 8.80. The fraction of sp³-hybridized carbons (Fsp3) is 0.350. The monoisotopic (exact) mass is 412 g/mol. The summed E-state index contributed by atoms with van der Waals surface area (Å²) in [7, 11) is 0. The Bertz CT molecular complexity index is 956. The largest absolute Gasteiger partial charge is 0.462 e. The third kappa shape index (κ3) is 4.76. The van der Waals surface area contributed by atoms with E-state index < -0.39 is 29.1 Å². The first kappa shape index (κ1) is 22.0. The molecule has 0 fully saturated rings. The van der Waals surface area contributed by atoms with Gasteiger partial charge in [0.25, 0.3) is 0 Å². The van der Waals surface area contributed by atoms with Gasteiger partial charge in [-0.15, -0.1) is 0 Å². The Hall–Kier alpha value is -3.30. The van der Waals surface area contributed by atoms with Gasteiger partial charge < -0.3 is 15.4 Å². The molecule has 1 aliphatic heterocycles. The number of rotatable bonds is 6. The van der Waals surface area contributed by atoms with Crippen molar-refractivity contribution in [3.63, 3.8) is 0 Å². The number of para-hydroxylation sites is 1. The molecule has 0 bridgehead atoms. The number of benzene rings is 1. The van der Waals surface area contributed by atoms with Crippen LogP contribution in [0.2, 0.25) is 0 Å². The number of carbonyl (C=O) groups is 3. The molecule has 0 saturated carbocycles. The van der Waals surface area contributed by atoms with Crippen LogP contribution in [0.15, 0.2) is 34.9 Å². The number of amides is 2. The molecule has 2 amide bonds. The zero-order chi connectivity index (χ0) is 21.6. The van der Waals surface area contributed by atoms with Gasteiger partial charge in [-0.2, -0.15) is 10.5 Å². The number of nitriles is 2. The standard InChI is InChI=1S/C20H20N4O4S/c1-4-28-19(27)12-7-5-6-8-15(12)23-16(25)11-29-18-14(10-22)20(2,3)13(9-21)17(26)24-18/h5-8,13H,4,11H2,1-3H3,(H,23,25)(H,24,26)/t13-/m0/s1. The van der Waals surface area contributed by atoms with Crippen molar-refractivity contribution in [2.75, 3.05) is 17.7 Å². The van der Waals surface area contributed by atoms with Crippen LogP contribution >= 0.6 is 11.8 Å². The lowest BCUT2D eigenvalue weighted by atomic mass is 9.72. The Balaban J connectivity index is 2.15. The average Bonchev–Trinajstić information content (AvgIpc) is 2.66. The number of hydrogen-bond acceptors (Lipinski definition) is 7. The lowest BCUT2D eigenvalue weighted by Gasteiger charge is -2.34. The predicted octanol–water partition coefficient (Wildman–Crippen LogP) is 2.57. The van der Waals surface area contributed by atoms with E-state index in [-0.39, 0.29) is 28.5 Å². The summed E-state index contributed by atoms with van der Waals surface area (Å²) in [6.45, 7) is 5.19. The Morgan fingerprint density at radius 1 is 1.31 bits per heavy atom. The molecular weight excluding hydrogens is 392 g/mol. The minimum atomic E-state index is -0.994. The third-order valence-electron chi connectivity index (χ3n) is 4.38. The van der Waals surface area contributed by atoms with Crippen LogP contribution < -0.4 is 10.6 Å². The zero-order valence-electron chi connectivity index (χ0n) is 16.2. The van der Waals surface area contributed by atoms with E-state index in [2.05, 4.69) is 10.6 Å². The highest BCUT2D eigenvalue weighted by atomic mass is 32.2. The number of carbonyl (C=O) groups excluding carboxylic acids is 3. The summed E-state index contributed by atoms with van der Waals surface area (Å²) >= 11 is 0.988. The Morgan fingerprint density at radius 3 is 2.62 bits per heavy atom. The molecule has 0 radical (unpaired) electrons. The number of nitrogens with zero attached hydrogens (tertiary/aromatic N) is 2. The van der Waals surface area contributed by atoms with Gasteiger partial charge >= 0.3 is 5.97 Å². The van der Waals surface area contributed by atoms with Crippen LogP contribution in [0.3, 0.4) is 0 Å². The topological polar surface area (TPSA) is 132 Å². The molecule has 0 spiro atoms. The van der Waals surface area contributed by atoms with Gasteiger partial charge in [-0.05, 0) is 19.1 Å². The number of allylic oxidation sites excluding steroid dienone is 1. The van der Waals surface area contributed by atoms with E-state index in [0.29, 0.717) is 5.69 Å². The molecule has 1 atom stereocenters. The normalized spacial score (nSPS) is 17.6. The first-order chi connectivity index (χ1) is 13.8. The van der Waals surface area contributed by atoms with Gasteiger partial charge in [0, 0.05) is 5.41 Å². The number of nitrogens with one attached hydrogen (secondary N) is 2. The molecule has 2 rings (SSSR count). The maximum absolute atomic E-state index is 12.4. The van der Waals surface area contributed by atoms with Gasteiger partial charge in [0.2, 0.25) is 11.8 Å². The second-order valence-electron chi connectivity index (χ2n) is 6.69. The fourth-order valence-electron chi connectivity index (χ4n) is 2.84. The SMILES string of the molecule is CCOC(=O)c1ccccc1NC(=O)CSC1=C(C#N)C(C)(C)[C@@H](C#N)C(=O)N1. The highest BCUT2D eigenvalue weighted by Crippen LogP contribution is 2.41. The Labute approximate surface area is 172 Å². The van der Waals surface area contributed by atoms with Gasteiger partial charge in [0.15, 0.2) is 0 Å². The summed E-state index contributed by atoms with van der Waals surface area (Å²) in [5.41, 5.74) is -0.188. The number of ether oxygens (including phenoxy) is 1. The summed E-state index contributed by atoms with van der Waals surface area (Å²) in [5, 5.41) is 24.2. The quantitative estimate of drug-likeness (QED) is 0.686. The molecule has 0 aromatic heterocycles. The van der Waals surface area contributed by atoms with Crippen LogP contribution in [0.4, 0.5) is 5.69 Å². The summed E-state index contributed by atoms with van der Waals surface area (Å²) in [5.74, 6) is -2.58. The van der Waals surface area contributed by atoms with E-state index >= 15 is 0 Å². The highest BCUT2D eigenvalue weighted by molar-refractivity contribution is 8.03. The van der Waals surface area contributed by atoms with Crippen molar-refractivity contribution in [1.29, 1.82) is 10.5 Å². The molecule has 2 N–H and O–H groups in total. The molecule has 150 valence electrons. The minimum Gasteiger partial charge on any atom is -0.462 e. The second kappa shape index (κ2) is 9.26. The summed E-state index contributed by atoms with van der Waals surface area (Å²) in [6.07, 6.45) is 0. The van der Waals surface area contributed by atoms with Crippen LogP contribution in [0.25, 0.3) is 0 Å². The Kier molecular flexibility index (Phi) is 7.03. The van der Waals surface area contributed by atoms with Crippen molar-refractivity contribution >= 4 is 35.2 Å². The molecule has 1 heterocycles. The number of esters is 1. The minimum absolute atomic E-state index is 0.106. The Morgan fingerprint density at radius 2 is 2.00 bits per heavy atom. The van der Waals surface area contributed by atoms with Gasteiger partial charge in [-0.1, -0.05) is 37.7 Å². The van der Waals surface area contributed by atoms with Crippen molar-refractivity contribution < 1.29 is 19.1 Å². The van der Waals surface area contributed by atoms with E-state index in [1.807, 2.05) is 12.1 Å². The predicted molar refractivity (Wildman–Crippen MR) is 107 cm³/mol. The molecule has 29 heavy (non-hydrogen) atoms. The molecule has 8 nitrogen and oxygen atoms in total. The maximum atomic E-state index is 12.4. The summed E-state index contributed by atoms with van der Waals surface area (Å²) < 4.78 is 4.98. The second-order valence-corrected chi connectivity index (χ2v) is 7.68. The van der Waals surface area contributed by atoms with Crippen LogP contribution in [-0.4, -0.2) is 30.1 Å². The van der Waals surface area contributed by atoms with Crippen LogP contribution in [0, 0.1) is 34.0 Å². The first-order valence-corrected chi connectivity index (χ1v) is 9.78. The van der Waals surface area contributed by atoms with E-state index in [1.165, 1.54) is 0 Å². The maximum Gasteiger partial charge on any atom is 0.340 e. The van der Waals surface area contributed by atoms with E-state index in [1.54, 1.807) is 45.0 Å². The van der Waals surface area contributed by atoms with Crippen LogP contribution in [-0.2, 0) is 14.3 Å². The molecule has 1 aliphatic rings. The molecule has 9 heteroatoms. The third-order valence-corrected chi connectivity index (χ3v) is 5.38. The molecule has 0 aliphatic carbocycles. The van der Waals surface area contributed by atoms with Gasteiger partial charge in [0.1, 0.15) is 5.92 Å². The molecular formula is C20H20N4O4S. The smallest absolute Gasteiger partial charge is 0.340 e. The van der Waals surface area contributed by atoms with E-state index in [0.717, 1.165) is 11.8 Å². The number of hydrogen-bond donors (Lipinski definition) is 2. The van der Waals surface area contributed by atoms with E-state index in [9.17, 15) is 24.9 Å².